The molecule has 0 radical (unpaired) electrons. The Kier molecular flexibility index (Phi) is 4.11. The Morgan fingerprint density at radius 3 is 2.84 bits per heavy atom. The number of hydrogen-bond donors (Lipinski definition) is 0. The van der Waals surface area contributed by atoms with Crippen molar-refractivity contribution in [2.24, 2.45) is 0 Å². The van der Waals surface area contributed by atoms with Crippen molar-refractivity contribution in [1.82, 2.24) is 15.0 Å². The van der Waals surface area contributed by atoms with Gasteiger partial charge in [-0.2, -0.15) is 4.98 Å². The van der Waals surface area contributed by atoms with Gasteiger partial charge in [0.15, 0.2) is 5.76 Å². The number of furan rings is 1. The molecule has 7 heteroatoms. The smallest absolute Gasteiger partial charge is 0.246 e. The lowest BCUT2D eigenvalue weighted by Gasteiger charge is -2.36. The lowest BCUT2D eigenvalue weighted by atomic mass is 10.00. The van der Waals surface area contributed by atoms with Crippen LogP contribution in [0.1, 0.15) is 17.4 Å². The Balaban J connectivity index is 1.36. The third-order valence-electron chi connectivity index (χ3n) is 4.04. The molecule has 0 aliphatic carbocycles. The molecule has 6 nitrogen and oxygen atoms in total. The predicted molar refractivity (Wildman–Crippen MR) is 91.8 cm³/mol. The quantitative estimate of drug-likeness (QED) is 0.668. The van der Waals surface area contributed by atoms with Gasteiger partial charge in [-0.1, -0.05) is 35.0 Å². The average molecular weight is 356 g/mol. The largest absolute Gasteiger partial charge is 0.461 e. The molecule has 126 valence electrons. The van der Waals surface area contributed by atoms with Crippen LogP contribution in [0.15, 0.2) is 57.7 Å². The molecule has 0 N–H and O–H groups in total. The maximum atomic E-state index is 12.2. The molecule has 1 aromatic carbocycles. The highest BCUT2D eigenvalue weighted by molar-refractivity contribution is 6.32. The van der Waals surface area contributed by atoms with Gasteiger partial charge >= 0.3 is 0 Å². The van der Waals surface area contributed by atoms with Crippen LogP contribution < -0.4 is 0 Å². The highest BCUT2D eigenvalue weighted by Crippen LogP contribution is 2.28. The van der Waals surface area contributed by atoms with Gasteiger partial charge in [0.1, 0.15) is 0 Å². The van der Waals surface area contributed by atoms with Crippen molar-refractivity contribution in [3.05, 3.63) is 65.2 Å². The number of carbonyl (C=O) groups excluding carboxylic acids is 1. The van der Waals surface area contributed by atoms with Crippen molar-refractivity contribution < 1.29 is 13.7 Å². The van der Waals surface area contributed by atoms with E-state index in [1.807, 2.05) is 18.2 Å². The number of likely N-dealkylation sites (tertiary alicyclic amines) is 1. The zero-order valence-corrected chi connectivity index (χ0v) is 13.9. The van der Waals surface area contributed by atoms with E-state index in [0.717, 1.165) is 5.56 Å². The monoisotopic (exact) mass is 355 g/mol. The molecule has 4 rings (SSSR count). The molecule has 1 aliphatic heterocycles. The Labute approximate surface area is 148 Å². The van der Waals surface area contributed by atoms with Gasteiger partial charge in [-0.05, 0) is 29.8 Å². The van der Waals surface area contributed by atoms with Crippen molar-refractivity contribution in [3.63, 3.8) is 0 Å². The molecule has 1 amide bonds. The van der Waals surface area contributed by atoms with Gasteiger partial charge in [0.05, 0.1) is 12.2 Å². The Morgan fingerprint density at radius 2 is 2.08 bits per heavy atom. The van der Waals surface area contributed by atoms with Gasteiger partial charge in [0.25, 0.3) is 0 Å². The molecule has 1 aliphatic rings. The van der Waals surface area contributed by atoms with Crippen LogP contribution in [0, 0.1) is 0 Å². The maximum Gasteiger partial charge on any atom is 0.246 e. The minimum absolute atomic E-state index is 0.0499. The van der Waals surface area contributed by atoms with Crippen LogP contribution in [-0.4, -0.2) is 34.0 Å². The van der Waals surface area contributed by atoms with E-state index in [1.165, 1.54) is 6.08 Å². The van der Waals surface area contributed by atoms with Gasteiger partial charge in [-0.15, -0.1) is 0 Å². The molecule has 0 spiro atoms. The Morgan fingerprint density at radius 1 is 1.24 bits per heavy atom. The van der Waals surface area contributed by atoms with E-state index in [-0.39, 0.29) is 11.8 Å². The second-order valence-electron chi connectivity index (χ2n) is 5.73. The van der Waals surface area contributed by atoms with E-state index in [4.69, 9.17) is 20.5 Å². The normalized spacial score (nSPS) is 14.8. The number of amides is 1. The number of halogens is 1. The van der Waals surface area contributed by atoms with Crippen LogP contribution >= 0.6 is 11.6 Å². The molecule has 0 unspecified atom stereocenters. The fourth-order valence-electron chi connectivity index (χ4n) is 2.60. The summed E-state index contributed by atoms with van der Waals surface area (Å²) in [5.41, 5.74) is 0.814. The summed E-state index contributed by atoms with van der Waals surface area (Å²) in [6.45, 7) is 1.09. The summed E-state index contributed by atoms with van der Waals surface area (Å²) in [6, 6.07) is 10.9. The third-order valence-corrected chi connectivity index (χ3v) is 4.38. The first kappa shape index (κ1) is 15.7. The van der Waals surface area contributed by atoms with Crippen LogP contribution in [0.4, 0.5) is 0 Å². The molecule has 3 heterocycles. The number of hydrogen-bond acceptors (Lipinski definition) is 5. The molecule has 3 aromatic rings. The van der Waals surface area contributed by atoms with E-state index in [0.29, 0.717) is 35.6 Å². The lowest BCUT2D eigenvalue weighted by Crippen LogP contribution is -2.47. The molecule has 25 heavy (non-hydrogen) atoms. The van der Waals surface area contributed by atoms with Crippen LogP contribution in [-0.2, 0) is 4.79 Å². The highest BCUT2D eigenvalue weighted by Gasteiger charge is 2.35. The van der Waals surface area contributed by atoms with Crippen molar-refractivity contribution in [3.8, 4) is 11.6 Å². The Hall–Kier alpha value is -2.86. The molecule has 2 aromatic heterocycles. The molecule has 0 atom stereocenters. The van der Waals surface area contributed by atoms with Crippen LogP contribution in [0.5, 0.6) is 0 Å². The summed E-state index contributed by atoms with van der Waals surface area (Å²) in [7, 11) is 0. The predicted octanol–water partition coefficient (Wildman–Crippen LogP) is 3.62. The SMILES string of the molecule is O=C(C=Cc1ccccc1Cl)N1CC(c2nc(-c3ccco3)no2)C1. The number of benzene rings is 1. The zero-order valence-electron chi connectivity index (χ0n) is 13.1. The lowest BCUT2D eigenvalue weighted by molar-refractivity contribution is -0.130. The third kappa shape index (κ3) is 3.21. The molecule has 1 fully saturated rings. The number of rotatable bonds is 4. The summed E-state index contributed by atoms with van der Waals surface area (Å²) < 4.78 is 10.5. The first-order valence-corrected chi connectivity index (χ1v) is 8.17. The first-order valence-electron chi connectivity index (χ1n) is 7.80. The first-order chi connectivity index (χ1) is 12.2. The second-order valence-corrected chi connectivity index (χ2v) is 6.14. The van der Waals surface area contributed by atoms with Crippen molar-refractivity contribution in [2.45, 2.75) is 5.92 Å². The average Bonchev–Trinajstić information content (AvgIpc) is 3.24. The summed E-state index contributed by atoms with van der Waals surface area (Å²) in [5, 5.41) is 4.52. The minimum Gasteiger partial charge on any atom is -0.461 e. The van der Waals surface area contributed by atoms with Crippen molar-refractivity contribution in [1.29, 1.82) is 0 Å². The van der Waals surface area contributed by atoms with Crippen LogP contribution in [0.25, 0.3) is 17.7 Å². The van der Waals surface area contributed by atoms with E-state index < -0.39 is 0 Å². The van der Waals surface area contributed by atoms with E-state index in [2.05, 4.69) is 10.1 Å². The summed E-state index contributed by atoms with van der Waals surface area (Å²) in [4.78, 5) is 18.2. The van der Waals surface area contributed by atoms with Gasteiger partial charge < -0.3 is 13.8 Å². The van der Waals surface area contributed by atoms with Gasteiger partial charge in [0.2, 0.25) is 17.6 Å². The molecule has 0 saturated carbocycles. The Bertz CT molecular complexity index is 911. The van der Waals surface area contributed by atoms with E-state index in [1.54, 1.807) is 35.4 Å². The minimum atomic E-state index is -0.0676. The van der Waals surface area contributed by atoms with E-state index in [9.17, 15) is 4.79 Å². The summed E-state index contributed by atoms with van der Waals surface area (Å²) in [5.74, 6) is 1.48. The van der Waals surface area contributed by atoms with Crippen LogP contribution in [0.3, 0.4) is 0 Å². The topological polar surface area (TPSA) is 72.4 Å². The summed E-state index contributed by atoms with van der Waals surface area (Å²) in [6.07, 6.45) is 4.81. The molecule has 1 saturated heterocycles. The van der Waals surface area contributed by atoms with Gasteiger partial charge in [-0.3, -0.25) is 4.79 Å². The fraction of sp³-hybridized carbons (Fsp3) is 0.167. The fourth-order valence-corrected chi connectivity index (χ4v) is 2.80. The van der Waals surface area contributed by atoms with Gasteiger partial charge in [0, 0.05) is 24.2 Å². The highest BCUT2D eigenvalue weighted by atomic mass is 35.5. The molecular weight excluding hydrogens is 342 g/mol. The van der Waals surface area contributed by atoms with Crippen molar-refractivity contribution >= 4 is 23.6 Å². The maximum absolute atomic E-state index is 12.2. The van der Waals surface area contributed by atoms with E-state index >= 15 is 0 Å². The summed E-state index contributed by atoms with van der Waals surface area (Å²) >= 11 is 6.07. The molecule has 0 bridgehead atoms. The standard InChI is InChI=1S/C18H14ClN3O3/c19-14-5-2-1-4-12(14)7-8-16(23)22-10-13(11-22)18-20-17(21-25-18)15-6-3-9-24-15/h1-9,13H,10-11H2. The number of aromatic nitrogens is 2. The van der Waals surface area contributed by atoms with Gasteiger partial charge in [-0.25, -0.2) is 0 Å². The second kappa shape index (κ2) is 6.57. The number of nitrogens with zero attached hydrogens (tertiary/aromatic N) is 3. The zero-order chi connectivity index (χ0) is 17.2. The molecular formula is C18H14ClN3O3. The number of carbonyl (C=O) groups is 1. The van der Waals surface area contributed by atoms with Crippen LogP contribution in [0.2, 0.25) is 5.02 Å². The van der Waals surface area contributed by atoms with Crippen molar-refractivity contribution in [2.75, 3.05) is 13.1 Å².